The Morgan fingerprint density at radius 2 is 2.21 bits per heavy atom. The Morgan fingerprint density at radius 3 is 2.79 bits per heavy atom. The summed E-state index contributed by atoms with van der Waals surface area (Å²) in [5, 5.41) is 7.01. The number of nitrogens with zero attached hydrogens (tertiary/aromatic N) is 2. The van der Waals surface area contributed by atoms with Gasteiger partial charge in [-0.1, -0.05) is 12.1 Å². The Bertz CT molecular complexity index is 603. The average Bonchev–Trinajstić information content (AvgIpc) is 2.70. The molecule has 0 saturated carbocycles. The zero-order valence-corrected chi connectivity index (χ0v) is 11.3. The van der Waals surface area contributed by atoms with Gasteiger partial charge in [0, 0.05) is 18.4 Å². The number of rotatable bonds is 3. The maximum absolute atomic E-state index is 12.2. The van der Waals surface area contributed by atoms with Crippen LogP contribution >= 0.6 is 0 Å². The summed E-state index contributed by atoms with van der Waals surface area (Å²) in [4.78, 5) is 12.2. The van der Waals surface area contributed by atoms with Crippen LogP contribution in [0, 0.1) is 6.92 Å². The first kappa shape index (κ1) is 13.1. The summed E-state index contributed by atoms with van der Waals surface area (Å²) in [6, 6.07) is 7.40. The third-order valence-corrected chi connectivity index (χ3v) is 3.24. The maximum Gasteiger partial charge on any atom is 0.255 e. The van der Waals surface area contributed by atoms with Crippen LogP contribution in [0.3, 0.4) is 0 Å². The van der Waals surface area contributed by atoms with E-state index in [2.05, 4.69) is 10.4 Å². The number of aromatic nitrogens is 2. The van der Waals surface area contributed by atoms with Gasteiger partial charge in [-0.05, 0) is 31.5 Å². The fraction of sp³-hybridized carbons (Fsp3) is 0.286. The second kappa shape index (κ2) is 5.14. The smallest absolute Gasteiger partial charge is 0.255 e. The van der Waals surface area contributed by atoms with Crippen LogP contribution < -0.4 is 11.1 Å². The van der Waals surface area contributed by atoms with Gasteiger partial charge in [-0.25, -0.2) is 0 Å². The van der Waals surface area contributed by atoms with Crippen molar-refractivity contribution in [1.29, 1.82) is 0 Å². The highest BCUT2D eigenvalue weighted by molar-refractivity contribution is 5.95. The van der Waals surface area contributed by atoms with Crippen LogP contribution in [-0.2, 0) is 7.05 Å². The minimum absolute atomic E-state index is 0.101. The number of nitrogen functional groups attached to an aromatic ring is 1. The molecule has 0 aliphatic heterocycles. The summed E-state index contributed by atoms with van der Waals surface area (Å²) in [6.07, 6.45) is 1.58. The molecule has 1 atom stereocenters. The number of amides is 1. The third kappa shape index (κ3) is 2.76. The number of nitrogens with one attached hydrogen (secondary N) is 1. The number of hydrogen-bond donors (Lipinski definition) is 2. The van der Waals surface area contributed by atoms with Gasteiger partial charge in [-0.2, -0.15) is 5.10 Å². The van der Waals surface area contributed by atoms with Crippen molar-refractivity contribution in [3.05, 3.63) is 47.3 Å². The summed E-state index contributed by atoms with van der Waals surface area (Å²) >= 11 is 0. The number of carbonyl (C=O) groups is 1. The summed E-state index contributed by atoms with van der Waals surface area (Å²) in [5.74, 6) is -0.125. The summed E-state index contributed by atoms with van der Waals surface area (Å²) in [5.41, 5.74) is 8.85. The van der Waals surface area contributed by atoms with E-state index in [4.69, 9.17) is 5.73 Å². The van der Waals surface area contributed by atoms with Crippen molar-refractivity contribution in [2.24, 2.45) is 7.05 Å². The zero-order chi connectivity index (χ0) is 14.0. The largest absolute Gasteiger partial charge is 0.399 e. The number of anilines is 1. The van der Waals surface area contributed by atoms with E-state index in [0.29, 0.717) is 11.3 Å². The number of benzene rings is 1. The van der Waals surface area contributed by atoms with E-state index < -0.39 is 0 Å². The van der Waals surface area contributed by atoms with Gasteiger partial charge in [0.05, 0.1) is 17.8 Å². The average molecular weight is 258 g/mol. The van der Waals surface area contributed by atoms with Crippen LogP contribution in [0.5, 0.6) is 0 Å². The van der Waals surface area contributed by atoms with Gasteiger partial charge in [-0.3, -0.25) is 9.48 Å². The minimum Gasteiger partial charge on any atom is -0.399 e. The Kier molecular flexibility index (Phi) is 3.55. The zero-order valence-electron chi connectivity index (χ0n) is 11.3. The molecule has 19 heavy (non-hydrogen) atoms. The van der Waals surface area contributed by atoms with Crippen molar-refractivity contribution in [2.75, 3.05) is 5.73 Å². The molecule has 1 aromatic carbocycles. The molecule has 5 nitrogen and oxygen atoms in total. The van der Waals surface area contributed by atoms with Crippen LogP contribution in [0.4, 0.5) is 5.69 Å². The van der Waals surface area contributed by atoms with Crippen molar-refractivity contribution < 1.29 is 4.79 Å². The lowest BCUT2D eigenvalue weighted by atomic mass is 10.1. The Morgan fingerprint density at radius 1 is 1.47 bits per heavy atom. The molecule has 0 fully saturated rings. The molecule has 3 N–H and O–H groups in total. The van der Waals surface area contributed by atoms with E-state index in [1.54, 1.807) is 10.9 Å². The monoisotopic (exact) mass is 258 g/mol. The molecule has 0 radical (unpaired) electrons. The number of aryl methyl sites for hydroxylation is 1. The quantitative estimate of drug-likeness (QED) is 0.824. The molecule has 2 aromatic rings. The molecule has 5 heteroatoms. The maximum atomic E-state index is 12.2. The molecular weight excluding hydrogens is 240 g/mol. The van der Waals surface area contributed by atoms with Gasteiger partial charge in [0.15, 0.2) is 0 Å². The SMILES string of the molecule is Cc1c(C(=O)NC(C)c2cccc(N)c2)cnn1C. The van der Waals surface area contributed by atoms with Crippen molar-refractivity contribution >= 4 is 11.6 Å². The molecule has 0 spiro atoms. The summed E-state index contributed by atoms with van der Waals surface area (Å²) < 4.78 is 1.68. The molecule has 2 rings (SSSR count). The Balaban J connectivity index is 2.13. The summed E-state index contributed by atoms with van der Waals surface area (Å²) in [6.45, 7) is 3.80. The van der Waals surface area contributed by atoms with Gasteiger partial charge in [-0.15, -0.1) is 0 Å². The third-order valence-electron chi connectivity index (χ3n) is 3.24. The molecule has 0 bridgehead atoms. The van der Waals surface area contributed by atoms with Gasteiger partial charge < -0.3 is 11.1 Å². The van der Waals surface area contributed by atoms with Gasteiger partial charge >= 0.3 is 0 Å². The van der Waals surface area contributed by atoms with Gasteiger partial charge in [0.2, 0.25) is 0 Å². The summed E-state index contributed by atoms with van der Waals surface area (Å²) in [7, 11) is 1.81. The first-order chi connectivity index (χ1) is 8.99. The van der Waals surface area contributed by atoms with Crippen LogP contribution in [0.1, 0.15) is 34.6 Å². The highest BCUT2D eigenvalue weighted by Gasteiger charge is 2.15. The second-order valence-corrected chi connectivity index (χ2v) is 4.63. The first-order valence-electron chi connectivity index (χ1n) is 6.14. The highest BCUT2D eigenvalue weighted by Crippen LogP contribution is 2.16. The van der Waals surface area contributed by atoms with Crippen LogP contribution in [-0.4, -0.2) is 15.7 Å². The van der Waals surface area contributed by atoms with E-state index in [-0.39, 0.29) is 11.9 Å². The number of nitrogens with two attached hydrogens (primary N) is 1. The minimum atomic E-state index is -0.125. The van der Waals surface area contributed by atoms with E-state index in [1.807, 2.05) is 45.2 Å². The van der Waals surface area contributed by atoms with E-state index in [1.165, 1.54) is 0 Å². The normalized spacial score (nSPS) is 12.2. The van der Waals surface area contributed by atoms with Crippen molar-refractivity contribution in [3.8, 4) is 0 Å². The van der Waals surface area contributed by atoms with Gasteiger partial charge in [0.1, 0.15) is 0 Å². The highest BCUT2D eigenvalue weighted by atomic mass is 16.1. The Hall–Kier alpha value is -2.30. The predicted octanol–water partition coefficient (Wildman–Crippen LogP) is 1.80. The molecule has 0 saturated heterocycles. The predicted molar refractivity (Wildman–Crippen MR) is 74.7 cm³/mol. The van der Waals surface area contributed by atoms with Crippen molar-refractivity contribution in [2.45, 2.75) is 19.9 Å². The molecule has 0 aliphatic rings. The number of carbonyl (C=O) groups excluding carboxylic acids is 1. The topological polar surface area (TPSA) is 72.9 Å². The molecule has 1 amide bonds. The second-order valence-electron chi connectivity index (χ2n) is 4.63. The first-order valence-corrected chi connectivity index (χ1v) is 6.14. The standard InChI is InChI=1S/C14H18N4O/c1-9(11-5-4-6-12(15)7-11)17-14(19)13-8-16-18(3)10(13)2/h4-9H,15H2,1-3H3,(H,17,19). The van der Waals surface area contributed by atoms with E-state index >= 15 is 0 Å². The lowest BCUT2D eigenvalue weighted by Gasteiger charge is -2.14. The van der Waals surface area contributed by atoms with E-state index in [0.717, 1.165) is 11.3 Å². The molecule has 100 valence electrons. The Labute approximate surface area is 112 Å². The number of hydrogen-bond acceptors (Lipinski definition) is 3. The lowest BCUT2D eigenvalue weighted by Crippen LogP contribution is -2.27. The fourth-order valence-corrected chi connectivity index (χ4v) is 1.91. The van der Waals surface area contributed by atoms with Crippen molar-refractivity contribution in [3.63, 3.8) is 0 Å². The van der Waals surface area contributed by atoms with Crippen LogP contribution in [0.2, 0.25) is 0 Å². The van der Waals surface area contributed by atoms with Crippen LogP contribution in [0.25, 0.3) is 0 Å². The fourth-order valence-electron chi connectivity index (χ4n) is 1.91. The molecule has 1 unspecified atom stereocenters. The molecule has 0 aliphatic carbocycles. The van der Waals surface area contributed by atoms with Gasteiger partial charge in [0.25, 0.3) is 5.91 Å². The molecule has 1 aromatic heterocycles. The van der Waals surface area contributed by atoms with E-state index in [9.17, 15) is 4.79 Å². The van der Waals surface area contributed by atoms with Crippen molar-refractivity contribution in [1.82, 2.24) is 15.1 Å². The molecule has 1 heterocycles. The lowest BCUT2D eigenvalue weighted by molar-refractivity contribution is 0.0939. The van der Waals surface area contributed by atoms with Crippen LogP contribution in [0.15, 0.2) is 30.5 Å². The molecular formula is C14H18N4O.